The molecule has 0 aromatic rings. The van der Waals surface area contributed by atoms with Crippen molar-refractivity contribution in [3.05, 3.63) is 0 Å². The highest BCUT2D eigenvalue weighted by molar-refractivity contribution is 5.75. The molecule has 4 nitrogen and oxygen atoms in total. The minimum Gasteiger partial charge on any atom is -0.444 e. The first-order valence-corrected chi connectivity index (χ1v) is 6.16. The molecular weight excluding hydrogens is 218 g/mol. The zero-order valence-corrected chi connectivity index (χ0v) is 11.7. The van der Waals surface area contributed by atoms with E-state index >= 15 is 0 Å². The van der Waals surface area contributed by atoms with Gasteiger partial charge in [-0.3, -0.25) is 0 Å². The van der Waals surface area contributed by atoms with Gasteiger partial charge >= 0.3 is 6.09 Å². The predicted molar refractivity (Wildman–Crippen MR) is 68.0 cm³/mol. The van der Waals surface area contributed by atoms with Crippen LogP contribution < -0.4 is 0 Å². The van der Waals surface area contributed by atoms with E-state index in [1.54, 1.807) is 18.9 Å². The van der Waals surface area contributed by atoms with Crippen molar-refractivity contribution in [3.8, 4) is 0 Å². The van der Waals surface area contributed by atoms with Crippen molar-refractivity contribution in [2.45, 2.75) is 59.0 Å². The zero-order valence-electron chi connectivity index (χ0n) is 11.7. The summed E-state index contributed by atoms with van der Waals surface area (Å²) in [4.78, 5) is 23.9. The van der Waals surface area contributed by atoms with Crippen LogP contribution in [0.5, 0.6) is 0 Å². The van der Waals surface area contributed by atoms with Crippen LogP contribution in [-0.2, 0) is 9.53 Å². The highest BCUT2D eigenvalue weighted by Gasteiger charge is 2.18. The van der Waals surface area contributed by atoms with E-state index in [1.165, 1.54) is 0 Å². The van der Waals surface area contributed by atoms with Gasteiger partial charge in [-0.25, -0.2) is 4.79 Å². The highest BCUT2D eigenvalue weighted by atomic mass is 16.6. The molecule has 0 spiro atoms. The lowest BCUT2D eigenvalue weighted by Gasteiger charge is -2.24. The molecule has 0 aliphatic heterocycles. The number of hydrogen-bond acceptors (Lipinski definition) is 3. The molecule has 100 valence electrons. The summed E-state index contributed by atoms with van der Waals surface area (Å²) in [7, 11) is 1.74. The number of ketones is 1. The van der Waals surface area contributed by atoms with Crippen molar-refractivity contribution in [2.24, 2.45) is 0 Å². The van der Waals surface area contributed by atoms with Crippen LogP contribution >= 0.6 is 0 Å². The average Bonchev–Trinajstić information content (AvgIpc) is 2.13. The van der Waals surface area contributed by atoms with E-state index in [0.717, 1.165) is 19.3 Å². The van der Waals surface area contributed by atoms with E-state index in [4.69, 9.17) is 4.74 Å². The minimum atomic E-state index is -0.444. The van der Waals surface area contributed by atoms with Gasteiger partial charge in [0.15, 0.2) is 0 Å². The number of unbranched alkanes of at least 4 members (excludes halogenated alkanes) is 2. The summed E-state index contributed by atoms with van der Waals surface area (Å²) in [5, 5.41) is 0. The van der Waals surface area contributed by atoms with Crippen molar-refractivity contribution in [1.82, 2.24) is 4.90 Å². The van der Waals surface area contributed by atoms with Crippen molar-refractivity contribution in [1.29, 1.82) is 0 Å². The first kappa shape index (κ1) is 15.9. The summed E-state index contributed by atoms with van der Waals surface area (Å²) in [5.74, 6) is 0.227. The van der Waals surface area contributed by atoms with Crippen LogP contribution in [0.25, 0.3) is 0 Å². The average molecular weight is 243 g/mol. The lowest BCUT2D eigenvalue weighted by Crippen LogP contribution is -2.34. The minimum absolute atomic E-state index is 0.227. The van der Waals surface area contributed by atoms with Crippen LogP contribution in [0.2, 0.25) is 0 Å². The van der Waals surface area contributed by atoms with E-state index in [2.05, 4.69) is 0 Å². The maximum Gasteiger partial charge on any atom is 0.410 e. The predicted octanol–water partition coefficient (Wildman–Crippen LogP) is 3.00. The molecule has 0 aliphatic rings. The Hall–Kier alpha value is -1.06. The van der Waals surface area contributed by atoms with Gasteiger partial charge in [0.1, 0.15) is 11.4 Å². The Morgan fingerprint density at radius 1 is 1.12 bits per heavy atom. The fraction of sp³-hybridized carbons (Fsp3) is 0.846. The number of ether oxygens (including phenoxy) is 1. The third-order valence-electron chi connectivity index (χ3n) is 2.23. The third-order valence-corrected chi connectivity index (χ3v) is 2.23. The van der Waals surface area contributed by atoms with Crippen molar-refractivity contribution < 1.29 is 14.3 Å². The SMILES string of the molecule is CC(=O)CCCCCN(C)C(=O)OC(C)(C)C. The van der Waals surface area contributed by atoms with Gasteiger partial charge in [0, 0.05) is 20.0 Å². The molecule has 0 aromatic carbocycles. The Morgan fingerprint density at radius 2 is 1.71 bits per heavy atom. The summed E-state index contributed by atoms with van der Waals surface area (Å²) in [6, 6.07) is 0. The maximum absolute atomic E-state index is 11.6. The molecule has 17 heavy (non-hydrogen) atoms. The fourth-order valence-corrected chi connectivity index (χ4v) is 1.33. The number of nitrogens with zero attached hydrogens (tertiary/aromatic N) is 1. The first-order chi connectivity index (χ1) is 7.72. The number of amides is 1. The van der Waals surface area contributed by atoms with Gasteiger partial charge < -0.3 is 14.4 Å². The van der Waals surface area contributed by atoms with Gasteiger partial charge in [0.25, 0.3) is 0 Å². The van der Waals surface area contributed by atoms with Gasteiger partial charge in [-0.2, -0.15) is 0 Å². The van der Waals surface area contributed by atoms with E-state index in [-0.39, 0.29) is 11.9 Å². The maximum atomic E-state index is 11.6. The standard InChI is InChI=1S/C13H25NO3/c1-11(15)9-7-6-8-10-14(5)12(16)17-13(2,3)4/h6-10H2,1-5H3. The summed E-state index contributed by atoms with van der Waals surface area (Å²) < 4.78 is 5.23. The van der Waals surface area contributed by atoms with Crippen molar-refractivity contribution in [3.63, 3.8) is 0 Å². The Morgan fingerprint density at radius 3 is 2.18 bits per heavy atom. The molecule has 0 fully saturated rings. The topological polar surface area (TPSA) is 46.6 Å². The van der Waals surface area contributed by atoms with E-state index in [1.807, 2.05) is 20.8 Å². The lowest BCUT2D eigenvalue weighted by molar-refractivity contribution is -0.117. The smallest absolute Gasteiger partial charge is 0.410 e. The second-order valence-corrected chi connectivity index (χ2v) is 5.41. The van der Waals surface area contributed by atoms with Crippen LogP contribution in [-0.4, -0.2) is 36.0 Å². The molecule has 0 heterocycles. The number of Topliss-reactive ketones (excluding diaryl/α,β-unsaturated/α-hetero) is 1. The summed E-state index contributed by atoms with van der Waals surface area (Å²) in [6.45, 7) is 7.84. The number of hydrogen-bond donors (Lipinski definition) is 0. The summed E-state index contributed by atoms with van der Waals surface area (Å²) in [6.07, 6.45) is 3.12. The van der Waals surface area contributed by atoms with Crippen LogP contribution in [0, 0.1) is 0 Å². The molecule has 0 atom stereocenters. The van der Waals surface area contributed by atoms with E-state index < -0.39 is 5.60 Å². The van der Waals surface area contributed by atoms with Gasteiger partial charge in [-0.1, -0.05) is 6.42 Å². The Bertz CT molecular complexity index is 256. The zero-order chi connectivity index (χ0) is 13.5. The molecule has 0 N–H and O–H groups in total. The lowest BCUT2D eigenvalue weighted by atomic mass is 10.1. The second kappa shape index (κ2) is 7.30. The van der Waals surface area contributed by atoms with Crippen LogP contribution in [0.4, 0.5) is 4.79 Å². The quantitative estimate of drug-likeness (QED) is 0.674. The van der Waals surface area contributed by atoms with Gasteiger partial charge in [-0.05, 0) is 40.5 Å². The monoisotopic (exact) mass is 243 g/mol. The number of carbonyl (C=O) groups excluding carboxylic acids is 2. The Labute approximate surface area is 104 Å². The van der Waals surface area contributed by atoms with Crippen LogP contribution in [0.3, 0.4) is 0 Å². The number of rotatable bonds is 6. The van der Waals surface area contributed by atoms with Crippen molar-refractivity contribution in [2.75, 3.05) is 13.6 Å². The fourth-order valence-electron chi connectivity index (χ4n) is 1.33. The molecular formula is C13H25NO3. The number of carbonyl (C=O) groups is 2. The Balaban J connectivity index is 3.68. The molecule has 0 rings (SSSR count). The molecule has 4 heteroatoms. The largest absolute Gasteiger partial charge is 0.444 e. The molecule has 0 saturated heterocycles. The second-order valence-electron chi connectivity index (χ2n) is 5.41. The van der Waals surface area contributed by atoms with Crippen LogP contribution in [0.15, 0.2) is 0 Å². The molecule has 0 radical (unpaired) electrons. The summed E-state index contributed by atoms with van der Waals surface area (Å²) >= 11 is 0. The third kappa shape index (κ3) is 9.85. The Kier molecular flexibility index (Phi) is 6.85. The summed E-state index contributed by atoms with van der Waals surface area (Å²) in [5.41, 5.74) is -0.444. The van der Waals surface area contributed by atoms with E-state index in [9.17, 15) is 9.59 Å². The molecule has 0 bridgehead atoms. The molecule has 0 aromatic heterocycles. The first-order valence-electron chi connectivity index (χ1n) is 6.16. The molecule has 1 amide bonds. The molecule has 0 unspecified atom stereocenters. The van der Waals surface area contributed by atoms with Gasteiger partial charge in [0.2, 0.25) is 0 Å². The molecule has 0 saturated carbocycles. The van der Waals surface area contributed by atoms with Gasteiger partial charge in [0.05, 0.1) is 0 Å². The van der Waals surface area contributed by atoms with Gasteiger partial charge in [-0.15, -0.1) is 0 Å². The van der Waals surface area contributed by atoms with E-state index in [0.29, 0.717) is 13.0 Å². The highest BCUT2D eigenvalue weighted by Crippen LogP contribution is 2.10. The normalized spacial score (nSPS) is 11.1. The van der Waals surface area contributed by atoms with Crippen molar-refractivity contribution >= 4 is 11.9 Å². The van der Waals surface area contributed by atoms with Crippen LogP contribution in [0.1, 0.15) is 53.4 Å². The molecule has 0 aliphatic carbocycles.